The molecule has 19 heavy (non-hydrogen) atoms. The molecule has 0 aromatic carbocycles. The Morgan fingerprint density at radius 2 is 1.74 bits per heavy atom. The molecular weight excluding hydrogens is 256 g/mol. The van der Waals surface area contributed by atoms with E-state index in [4.69, 9.17) is 18.0 Å². The van der Waals surface area contributed by atoms with Gasteiger partial charge >= 0.3 is 0 Å². The van der Waals surface area contributed by atoms with Gasteiger partial charge in [0.05, 0.1) is 10.5 Å². The molecule has 2 aliphatic rings. The number of nitrogens with two attached hydrogens (primary N) is 1. The van der Waals surface area contributed by atoms with Crippen LogP contribution in [0, 0.1) is 11.3 Å². The van der Waals surface area contributed by atoms with Crippen molar-refractivity contribution in [1.82, 2.24) is 5.32 Å². The predicted molar refractivity (Wildman–Crippen MR) is 81.9 cm³/mol. The highest BCUT2D eigenvalue weighted by Crippen LogP contribution is 2.41. The quantitative estimate of drug-likeness (QED) is 0.783. The summed E-state index contributed by atoms with van der Waals surface area (Å²) in [6, 6.07) is 0. The van der Waals surface area contributed by atoms with Crippen LogP contribution in [0.4, 0.5) is 0 Å². The zero-order valence-corrected chi connectivity index (χ0v) is 12.9. The summed E-state index contributed by atoms with van der Waals surface area (Å²) in [5.41, 5.74) is 5.59. The van der Waals surface area contributed by atoms with E-state index in [0.717, 1.165) is 44.9 Å². The molecule has 4 heteroatoms. The van der Waals surface area contributed by atoms with Crippen molar-refractivity contribution in [2.75, 3.05) is 0 Å². The molecule has 108 valence electrons. The maximum Gasteiger partial charge on any atom is 0.224 e. The molecule has 3 N–H and O–H groups in total. The highest BCUT2D eigenvalue weighted by atomic mass is 32.1. The summed E-state index contributed by atoms with van der Waals surface area (Å²) in [6.07, 6.45) is 8.52. The summed E-state index contributed by atoms with van der Waals surface area (Å²) >= 11 is 5.21. The molecule has 2 aliphatic carbocycles. The van der Waals surface area contributed by atoms with Crippen molar-refractivity contribution in [2.24, 2.45) is 17.1 Å². The molecule has 2 saturated carbocycles. The van der Waals surface area contributed by atoms with Gasteiger partial charge in [-0.3, -0.25) is 4.79 Å². The van der Waals surface area contributed by atoms with Crippen molar-refractivity contribution >= 4 is 23.1 Å². The molecule has 1 amide bonds. The van der Waals surface area contributed by atoms with Gasteiger partial charge in [0.1, 0.15) is 0 Å². The molecule has 0 spiro atoms. The Bertz CT molecular complexity index is 372. The van der Waals surface area contributed by atoms with Crippen LogP contribution in [0.1, 0.15) is 65.2 Å². The fourth-order valence-corrected chi connectivity index (χ4v) is 3.97. The SMILES string of the molecule is CC1(C)CCCCC1C(=O)NC1(C(N)=S)CCCC1. The molecule has 0 saturated heterocycles. The molecule has 0 radical (unpaired) electrons. The van der Waals surface area contributed by atoms with E-state index in [1.165, 1.54) is 6.42 Å². The van der Waals surface area contributed by atoms with Gasteiger partial charge in [0.25, 0.3) is 0 Å². The van der Waals surface area contributed by atoms with Crippen molar-refractivity contribution < 1.29 is 4.79 Å². The largest absolute Gasteiger partial charge is 0.391 e. The summed E-state index contributed by atoms with van der Waals surface area (Å²) in [5, 5.41) is 3.21. The Balaban J connectivity index is 2.09. The highest BCUT2D eigenvalue weighted by molar-refractivity contribution is 7.80. The summed E-state index contributed by atoms with van der Waals surface area (Å²) in [4.78, 5) is 13.1. The van der Waals surface area contributed by atoms with E-state index in [1.807, 2.05) is 0 Å². The van der Waals surface area contributed by atoms with Gasteiger partial charge in [-0.2, -0.15) is 0 Å². The number of carbonyl (C=O) groups is 1. The molecule has 2 fully saturated rings. The van der Waals surface area contributed by atoms with Gasteiger partial charge in [0.2, 0.25) is 5.91 Å². The molecule has 1 unspecified atom stereocenters. The normalized spacial score (nSPS) is 28.8. The minimum atomic E-state index is -0.403. The summed E-state index contributed by atoms with van der Waals surface area (Å²) in [5.74, 6) is 0.271. The van der Waals surface area contributed by atoms with Gasteiger partial charge in [-0.05, 0) is 31.1 Å². The second-order valence-electron chi connectivity index (χ2n) is 6.93. The Morgan fingerprint density at radius 3 is 2.26 bits per heavy atom. The Morgan fingerprint density at radius 1 is 1.16 bits per heavy atom. The van der Waals surface area contributed by atoms with Crippen molar-refractivity contribution in [3.05, 3.63) is 0 Å². The molecule has 0 aromatic rings. The molecule has 0 aliphatic heterocycles. The number of nitrogens with one attached hydrogen (secondary N) is 1. The number of hydrogen-bond donors (Lipinski definition) is 2. The highest BCUT2D eigenvalue weighted by Gasteiger charge is 2.43. The Labute approximate surface area is 121 Å². The lowest BCUT2D eigenvalue weighted by molar-refractivity contribution is -0.131. The van der Waals surface area contributed by atoms with Gasteiger partial charge in [-0.15, -0.1) is 0 Å². The van der Waals surface area contributed by atoms with E-state index < -0.39 is 5.54 Å². The standard InChI is InChI=1S/C15H26N2OS/c1-14(2)8-4-3-7-11(14)12(18)17-15(13(16)19)9-5-6-10-15/h11H,3-10H2,1-2H3,(H2,16,19)(H,17,18). The number of hydrogen-bond acceptors (Lipinski definition) is 2. The third kappa shape index (κ3) is 2.93. The first kappa shape index (κ1) is 14.8. The van der Waals surface area contributed by atoms with E-state index in [1.54, 1.807) is 0 Å². The fraction of sp³-hybridized carbons (Fsp3) is 0.867. The average molecular weight is 282 g/mol. The molecular formula is C15H26N2OS. The minimum absolute atomic E-state index is 0.0956. The monoisotopic (exact) mass is 282 g/mol. The molecule has 0 heterocycles. The number of thiocarbonyl (C=S) groups is 1. The van der Waals surface area contributed by atoms with Gasteiger partial charge < -0.3 is 11.1 Å². The first-order valence-electron chi connectivity index (χ1n) is 7.49. The molecule has 2 rings (SSSR count). The van der Waals surface area contributed by atoms with Crippen LogP contribution in [0.5, 0.6) is 0 Å². The topological polar surface area (TPSA) is 55.1 Å². The molecule has 0 aromatic heterocycles. The average Bonchev–Trinajstić information content (AvgIpc) is 2.78. The summed E-state index contributed by atoms with van der Waals surface area (Å²) in [7, 11) is 0. The maximum absolute atomic E-state index is 12.7. The third-order valence-corrected chi connectivity index (χ3v) is 5.51. The van der Waals surface area contributed by atoms with E-state index in [0.29, 0.717) is 4.99 Å². The number of carbonyl (C=O) groups excluding carboxylic acids is 1. The first-order valence-corrected chi connectivity index (χ1v) is 7.90. The predicted octanol–water partition coefficient (Wildman–Crippen LogP) is 2.92. The van der Waals surface area contributed by atoms with Crippen molar-refractivity contribution in [2.45, 2.75) is 70.8 Å². The zero-order valence-electron chi connectivity index (χ0n) is 12.1. The van der Waals surface area contributed by atoms with E-state index in [-0.39, 0.29) is 17.2 Å². The zero-order chi connectivity index (χ0) is 14.1. The van der Waals surface area contributed by atoms with Crippen LogP contribution in [0.2, 0.25) is 0 Å². The third-order valence-electron chi connectivity index (χ3n) is 5.11. The number of amides is 1. The second kappa shape index (κ2) is 5.39. The molecule has 0 bridgehead atoms. The van der Waals surface area contributed by atoms with Crippen LogP contribution in [0.25, 0.3) is 0 Å². The number of rotatable bonds is 3. The van der Waals surface area contributed by atoms with Gasteiger partial charge in [0, 0.05) is 5.92 Å². The van der Waals surface area contributed by atoms with Crippen LogP contribution in [-0.2, 0) is 4.79 Å². The van der Waals surface area contributed by atoms with Crippen LogP contribution in [0.3, 0.4) is 0 Å². The maximum atomic E-state index is 12.7. The van der Waals surface area contributed by atoms with Crippen LogP contribution in [0.15, 0.2) is 0 Å². The molecule has 3 nitrogen and oxygen atoms in total. The van der Waals surface area contributed by atoms with E-state index in [2.05, 4.69) is 19.2 Å². The lowest BCUT2D eigenvalue weighted by Crippen LogP contribution is -2.57. The van der Waals surface area contributed by atoms with E-state index >= 15 is 0 Å². The van der Waals surface area contributed by atoms with E-state index in [9.17, 15) is 4.79 Å². The second-order valence-corrected chi connectivity index (χ2v) is 7.37. The van der Waals surface area contributed by atoms with Crippen molar-refractivity contribution in [3.63, 3.8) is 0 Å². The minimum Gasteiger partial charge on any atom is -0.391 e. The van der Waals surface area contributed by atoms with Crippen LogP contribution in [-0.4, -0.2) is 16.4 Å². The van der Waals surface area contributed by atoms with Crippen molar-refractivity contribution in [3.8, 4) is 0 Å². The lowest BCUT2D eigenvalue weighted by Gasteiger charge is -2.40. The smallest absolute Gasteiger partial charge is 0.224 e. The Kier molecular flexibility index (Phi) is 4.19. The van der Waals surface area contributed by atoms with Crippen LogP contribution < -0.4 is 11.1 Å². The summed E-state index contributed by atoms with van der Waals surface area (Å²) < 4.78 is 0. The summed E-state index contributed by atoms with van der Waals surface area (Å²) in [6.45, 7) is 4.41. The molecule has 1 atom stereocenters. The van der Waals surface area contributed by atoms with Crippen molar-refractivity contribution in [1.29, 1.82) is 0 Å². The fourth-order valence-electron chi connectivity index (χ4n) is 3.71. The Hall–Kier alpha value is -0.640. The van der Waals surface area contributed by atoms with Gasteiger partial charge in [-0.1, -0.05) is 51.7 Å². The lowest BCUT2D eigenvalue weighted by atomic mass is 9.68. The van der Waals surface area contributed by atoms with Gasteiger partial charge in [0.15, 0.2) is 0 Å². The van der Waals surface area contributed by atoms with Gasteiger partial charge in [-0.25, -0.2) is 0 Å². The first-order chi connectivity index (χ1) is 8.87. The van der Waals surface area contributed by atoms with Crippen LogP contribution >= 0.6 is 12.2 Å².